The molecule has 1 aliphatic rings. The molecule has 12 heavy (non-hydrogen) atoms. The quantitative estimate of drug-likeness (QED) is 0.656. The highest BCUT2D eigenvalue weighted by molar-refractivity contribution is 8.01. The molecular weight excluding hydrogens is 166 g/mol. The molecule has 0 atom stereocenters. The van der Waals surface area contributed by atoms with E-state index in [0.29, 0.717) is 10.7 Å². The van der Waals surface area contributed by atoms with Gasteiger partial charge in [-0.15, -0.1) is 11.8 Å². The zero-order chi connectivity index (χ0) is 9.41. The Balaban J connectivity index is 2.55. The van der Waals surface area contributed by atoms with E-state index in [1.165, 1.54) is 0 Å². The Morgan fingerprint density at radius 2 is 1.83 bits per heavy atom. The third-order valence-corrected chi connectivity index (χ3v) is 3.50. The zero-order valence-electron chi connectivity index (χ0n) is 8.35. The molecule has 0 heterocycles. The molecule has 0 saturated heterocycles. The maximum Gasteiger partial charge on any atom is 0.104 e. The Hall–Kier alpha value is -0.160. The van der Waals surface area contributed by atoms with Gasteiger partial charge in [0.1, 0.15) is 4.75 Å². The maximum absolute atomic E-state index is 9.05. The van der Waals surface area contributed by atoms with E-state index in [0.717, 1.165) is 12.8 Å². The summed E-state index contributed by atoms with van der Waals surface area (Å²) in [5, 5.41) is 9.62. The van der Waals surface area contributed by atoms with Gasteiger partial charge in [-0.25, -0.2) is 0 Å². The minimum absolute atomic E-state index is 0.0579. The van der Waals surface area contributed by atoms with Crippen LogP contribution >= 0.6 is 11.8 Å². The highest BCUT2D eigenvalue weighted by Gasteiger charge is 2.50. The van der Waals surface area contributed by atoms with Crippen LogP contribution < -0.4 is 0 Å². The molecule has 0 unspecified atom stereocenters. The lowest BCUT2D eigenvalue weighted by molar-refractivity contribution is 0.161. The van der Waals surface area contributed by atoms with Crippen LogP contribution in [0, 0.1) is 16.7 Å². The Morgan fingerprint density at radius 3 is 2.08 bits per heavy atom. The maximum atomic E-state index is 9.05. The van der Waals surface area contributed by atoms with E-state index in [1.54, 1.807) is 0 Å². The van der Waals surface area contributed by atoms with Crippen LogP contribution in [0.25, 0.3) is 0 Å². The van der Waals surface area contributed by atoms with E-state index in [-0.39, 0.29) is 4.75 Å². The minimum atomic E-state index is -0.0579. The molecule has 0 aromatic heterocycles. The van der Waals surface area contributed by atoms with Gasteiger partial charge in [0.15, 0.2) is 0 Å². The molecule has 0 amide bonds. The number of hydrogen-bond acceptors (Lipinski definition) is 2. The molecule has 1 aliphatic carbocycles. The Kier molecular flexibility index (Phi) is 2.45. The van der Waals surface area contributed by atoms with Crippen LogP contribution in [0.2, 0.25) is 0 Å². The summed E-state index contributed by atoms with van der Waals surface area (Å²) in [6.07, 6.45) is 2.11. The van der Waals surface area contributed by atoms with Gasteiger partial charge in [-0.1, -0.05) is 27.7 Å². The Bertz CT molecular complexity index is 199. The number of nitrogens with zero attached hydrogens (tertiary/aromatic N) is 1. The molecule has 0 bridgehead atoms. The van der Waals surface area contributed by atoms with E-state index in [2.05, 4.69) is 33.8 Å². The second kappa shape index (κ2) is 2.96. The van der Waals surface area contributed by atoms with Gasteiger partial charge in [-0.05, 0) is 18.3 Å². The molecule has 1 rings (SSSR count). The predicted molar refractivity (Wildman–Crippen MR) is 54.1 cm³/mol. The van der Waals surface area contributed by atoms with Gasteiger partial charge < -0.3 is 0 Å². The van der Waals surface area contributed by atoms with Gasteiger partial charge in [-0.3, -0.25) is 0 Å². The molecule has 1 nitrogen and oxygen atoms in total. The number of rotatable bonds is 2. The smallest absolute Gasteiger partial charge is 0.104 e. The summed E-state index contributed by atoms with van der Waals surface area (Å²) >= 11 is 1.83. The zero-order valence-corrected chi connectivity index (χ0v) is 9.16. The fourth-order valence-electron chi connectivity index (χ4n) is 2.13. The summed E-state index contributed by atoms with van der Waals surface area (Å²) in [4.78, 5) is 0. The van der Waals surface area contributed by atoms with Crippen LogP contribution in [0.3, 0.4) is 0 Å². The first-order chi connectivity index (χ1) is 5.39. The molecule has 0 radical (unpaired) electrons. The Morgan fingerprint density at radius 1 is 1.33 bits per heavy atom. The lowest BCUT2D eigenvalue weighted by atomic mass is 9.64. The highest BCUT2D eigenvalue weighted by Crippen LogP contribution is 2.55. The van der Waals surface area contributed by atoms with Gasteiger partial charge in [0, 0.05) is 5.25 Å². The van der Waals surface area contributed by atoms with E-state index >= 15 is 0 Å². The van der Waals surface area contributed by atoms with Gasteiger partial charge in [0.25, 0.3) is 0 Å². The van der Waals surface area contributed by atoms with Crippen molar-refractivity contribution in [3.8, 4) is 6.07 Å². The topological polar surface area (TPSA) is 23.8 Å². The van der Waals surface area contributed by atoms with Gasteiger partial charge in [0.05, 0.1) is 6.07 Å². The van der Waals surface area contributed by atoms with Gasteiger partial charge in [-0.2, -0.15) is 5.26 Å². The van der Waals surface area contributed by atoms with Crippen LogP contribution in [-0.4, -0.2) is 10.00 Å². The molecular formula is C10H17NS. The molecule has 0 aliphatic heterocycles. The SMILES string of the molecule is CC(C)SC1(C#N)CC(C)(C)C1. The van der Waals surface area contributed by atoms with Gasteiger partial charge >= 0.3 is 0 Å². The van der Waals surface area contributed by atoms with Crippen LogP contribution in [0.15, 0.2) is 0 Å². The molecule has 1 saturated carbocycles. The van der Waals surface area contributed by atoms with Crippen molar-refractivity contribution in [2.24, 2.45) is 5.41 Å². The molecule has 0 spiro atoms. The fraction of sp³-hybridized carbons (Fsp3) is 0.900. The number of thioether (sulfide) groups is 1. The average molecular weight is 183 g/mol. The molecule has 0 N–H and O–H groups in total. The molecule has 2 heteroatoms. The fourth-order valence-corrected chi connectivity index (χ4v) is 4.04. The van der Waals surface area contributed by atoms with Crippen LogP contribution in [0.4, 0.5) is 0 Å². The molecule has 0 aromatic rings. The number of hydrogen-bond donors (Lipinski definition) is 0. The molecule has 68 valence electrons. The lowest BCUT2D eigenvalue weighted by Crippen LogP contribution is -2.46. The monoisotopic (exact) mass is 183 g/mol. The van der Waals surface area contributed by atoms with Crippen LogP contribution in [0.5, 0.6) is 0 Å². The summed E-state index contributed by atoms with van der Waals surface area (Å²) in [5.74, 6) is 0. The molecule has 1 fully saturated rings. The first-order valence-electron chi connectivity index (χ1n) is 4.48. The third-order valence-electron chi connectivity index (χ3n) is 2.19. The highest BCUT2D eigenvalue weighted by atomic mass is 32.2. The minimum Gasteiger partial charge on any atom is -0.197 e. The van der Waals surface area contributed by atoms with Crippen molar-refractivity contribution >= 4 is 11.8 Å². The van der Waals surface area contributed by atoms with Crippen molar-refractivity contribution < 1.29 is 0 Å². The predicted octanol–water partition coefficient (Wildman–Crippen LogP) is 3.21. The summed E-state index contributed by atoms with van der Waals surface area (Å²) in [6, 6.07) is 2.46. The second-order valence-corrected chi connectivity index (χ2v) is 6.75. The van der Waals surface area contributed by atoms with Crippen molar-refractivity contribution in [2.75, 3.05) is 0 Å². The third kappa shape index (κ3) is 1.95. The summed E-state index contributed by atoms with van der Waals surface area (Å²) < 4.78 is -0.0579. The van der Waals surface area contributed by atoms with Crippen molar-refractivity contribution in [1.29, 1.82) is 5.26 Å². The van der Waals surface area contributed by atoms with Crippen molar-refractivity contribution in [1.82, 2.24) is 0 Å². The van der Waals surface area contributed by atoms with Crippen LogP contribution in [-0.2, 0) is 0 Å². The summed E-state index contributed by atoms with van der Waals surface area (Å²) in [6.45, 7) is 8.80. The summed E-state index contributed by atoms with van der Waals surface area (Å²) in [5.41, 5.74) is 0.400. The van der Waals surface area contributed by atoms with E-state index in [4.69, 9.17) is 5.26 Å². The van der Waals surface area contributed by atoms with Crippen molar-refractivity contribution in [3.63, 3.8) is 0 Å². The largest absolute Gasteiger partial charge is 0.197 e. The Labute approximate surface area is 79.5 Å². The second-order valence-electron chi connectivity index (χ2n) is 4.79. The van der Waals surface area contributed by atoms with Crippen molar-refractivity contribution in [2.45, 2.75) is 50.5 Å². The normalized spacial score (nSPS) is 24.7. The van der Waals surface area contributed by atoms with Crippen molar-refractivity contribution in [3.05, 3.63) is 0 Å². The van der Waals surface area contributed by atoms with E-state index < -0.39 is 0 Å². The van der Waals surface area contributed by atoms with Gasteiger partial charge in [0.2, 0.25) is 0 Å². The van der Waals surface area contributed by atoms with E-state index in [9.17, 15) is 0 Å². The van der Waals surface area contributed by atoms with E-state index in [1.807, 2.05) is 11.8 Å². The first kappa shape index (κ1) is 9.92. The average Bonchev–Trinajstić information content (AvgIpc) is 1.81. The van der Waals surface area contributed by atoms with Crippen LogP contribution in [0.1, 0.15) is 40.5 Å². The first-order valence-corrected chi connectivity index (χ1v) is 5.36. The number of nitriles is 1. The summed E-state index contributed by atoms with van der Waals surface area (Å²) in [7, 11) is 0. The molecule has 0 aromatic carbocycles. The lowest BCUT2D eigenvalue weighted by Gasteiger charge is -2.49. The standard InChI is InChI=1S/C10H17NS/c1-8(2)12-10(7-11)5-9(3,4)6-10/h8H,5-6H2,1-4H3.